The number of carbonyl (C=O) groups is 1. The maximum atomic E-state index is 11.6. The van der Waals surface area contributed by atoms with Gasteiger partial charge >= 0.3 is 0 Å². The van der Waals surface area contributed by atoms with Crippen molar-refractivity contribution >= 4 is 28.9 Å². The fraction of sp³-hybridized carbons (Fsp3) is 0.235. The van der Waals surface area contributed by atoms with Crippen LogP contribution in [0.1, 0.15) is 16.1 Å². The standard InChI is InChI=1S/C17H15N5O3/c18-16(23)15-11-3-10-5-17(7-19-9-20-8-17)14-6-24-2-1-22(14)12(10)4-13(11)25-21-15/h1-4,6,9H,5,7-8H2,(H2,18,23)(H,19,20). The summed E-state index contributed by atoms with van der Waals surface area (Å²) in [5, 5.41) is 7.68. The van der Waals surface area contributed by atoms with Crippen LogP contribution in [-0.2, 0) is 11.2 Å². The largest absolute Gasteiger partial charge is 0.469 e. The van der Waals surface area contributed by atoms with Gasteiger partial charge in [-0.2, -0.15) is 0 Å². The monoisotopic (exact) mass is 337 g/mol. The van der Waals surface area contributed by atoms with Gasteiger partial charge in [0.15, 0.2) is 11.3 Å². The first-order valence-electron chi connectivity index (χ1n) is 7.94. The summed E-state index contributed by atoms with van der Waals surface area (Å²) in [5.41, 5.74) is 8.98. The van der Waals surface area contributed by atoms with Gasteiger partial charge in [0.2, 0.25) is 0 Å². The molecule has 2 aromatic rings. The topological polar surface area (TPSA) is 106 Å². The highest BCUT2D eigenvalue weighted by molar-refractivity contribution is 6.04. The van der Waals surface area contributed by atoms with Gasteiger partial charge in [-0.25, -0.2) is 0 Å². The van der Waals surface area contributed by atoms with Crippen LogP contribution in [0.5, 0.6) is 0 Å². The van der Waals surface area contributed by atoms with Gasteiger partial charge in [0.1, 0.15) is 12.5 Å². The second-order valence-corrected chi connectivity index (χ2v) is 6.47. The lowest BCUT2D eigenvalue weighted by molar-refractivity contribution is 0.0993. The molecule has 3 aliphatic heterocycles. The fourth-order valence-corrected chi connectivity index (χ4v) is 3.82. The molecular formula is C17H15N5O3. The average molecular weight is 337 g/mol. The van der Waals surface area contributed by atoms with Crippen molar-refractivity contribution in [2.24, 2.45) is 16.1 Å². The number of ether oxygens (including phenoxy) is 1. The number of nitrogens with two attached hydrogens (primary N) is 1. The number of carbonyl (C=O) groups excluding carboxylic acids is 1. The summed E-state index contributed by atoms with van der Waals surface area (Å²) < 4.78 is 10.7. The van der Waals surface area contributed by atoms with Crippen LogP contribution >= 0.6 is 0 Å². The van der Waals surface area contributed by atoms with Crippen LogP contribution in [0.3, 0.4) is 0 Å². The van der Waals surface area contributed by atoms with E-state index in [4.69, 9.17) is 15.0 Å². The smallest absolute Gasteiger partial charge is 0.271 e. The average Bonchev–Trinajstić information content (AvgIpc) is 3.04. The molecule has 1 amide bonds. The molecule has 0 aliphatic carbocycles. The molecule has 5 rings (SSSR count). The van der Waals surface area contributed by atoms with Gasteiger partial charge in [0.25, 0.3) is 5.91 Å². The van der Waals surface area contributed by atoms with E-state index in [0.29, 0.717) is 17.5 Å². The number of aromatic nitrogens is 1. The molecule has 25 heavy (non-hydrogen) atoms. The van der Waals surface area contributed by atoms with Crippen molar-refractivity contribution in [1.29, 1.82) is 0 Å². The van der Waals surface area contributed by atoms with Crippen molar-refractivity contribution in [3.05, 3.63) is 47.8 Å². The first-order chi connectivity index (χ1) is 12.2. The van der Waals surface area contributed by atoms with Crippen LogP contribution in [0.4, 0.5) is 5.69 Å². The minimum atomic E-state index is -0.597. The Morgan fingerprint density at radius 2 is 2.32 bits per heavy atom. The number of rotatable bonds is 1. The van der Waals surface area contributed by atoms with Crippen molar-refractivity contribution < 1.29 is 14.1 Å². The maximum absolute atomic E-state index is 11.6. The van der Waals surface area contributed by atoms with Gasteiger partial charge in [0.05, 0.1) is 35.1 Å². The van der Waals surface area contributed by atoms with Gasteiger partial charge in [-0.05, 0) is 18.1 Å². The number of aliphatic imine (C=N–C) groups is 1. The molecule has 0 saturated carbocycles. The molecule has 1 atom stereocenters. The van der Waals surface area contributed by atoms with Crippen LogP contribution in [0.25, 0.3) is 11.0 Å². The van der Waals surface area contributed by atoms with Gasteiger partial charge in [-0.1, -0.05) is 5.16 Å². The molecule has 8 heteroatoms. The number of nitrogens with zero attached hydrogens (tertiary/aromatic N) is 3. The Labute approximate surface area is 142 Å². The zero-order valence-corrected chi connectivity index (χ0v) is 13.2. The van der Waals surface area contributed by atoms with Crippen LogP contribution in [0.15, 0.2) is 46.1 Å². The maximum Gasteiger partial charge on any atom is 0.271 e. The second-order valence-electron chi connectivity index (χ2n) is 6.47. The molecule has 126 valence electrons. The van der Waals surface area contributed by atoms with Crippen molar-refractivity contribution in [3.8, 4) is 0 Å². The molecule has 0 radical (unpaired) electrons. The number of fused-ring (bicyclic) bond motifs is 5. The number of amides is 1. The van der Waals surface area contributed by atoms with Crippen molar-refractivity contribution in [3.63, 3.8) is 0 Å². The minimum absolute atomic E-state index is 0.158. The Bertz CT molecular complexity index is 990. The first kappa shape index (κ1) is 14.1. The SMILES string of the molecule is NC(=O)c1noc2cc3c(cc12)CC1(CN=CNC1)C1=COC=CN13. The lowest BCUT2D eigenvalue weighted by Crippen LogP contribution is -2.50. The van der Waals surface area contributed by atoms with E-state index in [0.717, 1.165) is 29.9 Å². The normalized spacial score (nSPS) is 23.7. The van der Waals surface area contributed by atoms with Gasteiger partial charge in [0, 0.05) is 18.8 Å². The first-order valence-corrected chi connectivity index (χ1v) is 7.94. The van der Waals surface area contributed by atoms with Crippen molar-refractivity contribution in [1.82, 2.24) is 10.5 Å². The van der Waals surface area contributed by atoms with Crippen LogP contribution in [-0.4, -0.2) is 30.5 Å². The van der Waals surface area contributed by atoms with Crippen LogP contribution in [0, 0.1) is 5.41 Å². The Balaban J connectivity index is 1.73. The molecule has 0 saturated heterocycles. The molecule has 1 spiro atoms. The molecule has 1 aromatic carbocycles. The molecule has 3 aliphatic rings. The predicted octanol–water partition coefficient (Wildman–Crippen LogP) is 1.25. The van der Waals surface area contributed by atoms with E-state index in [1.54, 1.807) is 18.9 Å². The summed E-state index contributed by atoms with van der Waals surface area (Å²) in [5.74, 6) is -0.597. The zero-order chi connectivity index (χ0) is 17.0. The number of hydrogen-bond donors (Lipinski definition) is 2. The van der Waals surface area contributed by atoms with Crippen LogP contribution < -0.4 is 16.0 Å². The number of hydrogen-bond acceptors (Lipinski definition) is 7. The van der Waals surface area contributed by atoms with E-state index in [-0.39, 0.29) is 11.1 Å². The molecular weight excluding hydrogens is 322 g/mol. The van der Waals surface area contributed by atoms with E-state index in [9.17, 15) is 4.79 Å². The van der Waals surface area contributed by atoms with E-state index in [2.05, 4.69) is 20.4 Å². The third-order valence-corrected chi connectivity index (χ3v) is 4.98. The number of nitrogens with one attached hydrogen (secondary N) is 1. The van der Waals surface area contributed by atoms with E-state index in [1.165, 1.54) is 0 Å². The highest BCUT2D eigenvalue weighted by Gasteiger charge is 2.44. The van der Waals surface area contributed by atoms with Gasteiger partial charge < -0.3 is 25.2 Å². The molecule has 0 fully saturated rings. The lowest BCUT2D eigenvalue weighted by Gasteiger charge is -2.46. The Kier molecular flexibility index (Phi) is 2.74. The molecule has 0 bridgehead atoms. The molecule has 3 N–H and O–H groups in total. The number of anilines is 1. The number of primary amides is 1. The molecule has 8 nitrogen and oxygen atoms in total. The highest BCUT2D eigenvalue weighted by Crippen LogP contribution is 2.47. The molecule has 1 unspecified atom stereocenters. The van der Waals surface area contributed by atoms with Gasteiger partial charge in [-0.15, -0.1) is 0 Å². The summed E-state index contributed by atoms with van der Waals surface area (Å²) in [6.07, 6.45) is 7.77. The third kappa shape index (κ3) is 1.90. The Morgan fingerprint density at radius 3 is 3.12 bits per heavy atom. The summed E-state index contributed by atoms with van der Waals surface area (Å²) in [6.45, 7) is 1.41. The minimum Gasteiger partial charge on any atom is -0.469 e. The van der Waals surface area contributed by atoms with Crippen molar-refractivity contribution in [2.45, 2.75) is 6.42 Å². The lowest BCUT2D eigenvalue weighted by atomic mass is 9.74. The fourth-order valence-electron chi connectivity index (χ4n) is 3.82. The van der Waals surface area contributed by atoms with Gasteiger partial charge in [-0.3, -0.25) is 9.79 Å². The van der Waals surface area contributed by atoms with Crippen molar-refractivity contribution in [2.75, 3.05) is 18.0 Å². The summed E-state index contributed by atoms with van der Waals surface area (Å²) in [4.78, 5) is 18.1. The number of benzene rings is 1. The van der Waals surface area contributed by atoms with Crippen LogP contribution in [0.2, 0.25) is 0 Å². The highest BCUT2D eigenvalue weighted by atomic mass is 16.5. The second kappa shape index (κ2) is 4.85. The summed E-state index contributed by atoms with van der Waals surface area (Å²) in [6, 6.07) is 3.83. The van der Waals surface area contributed by atoms with E-state index < -0.39 is 5.91 Å². The quantitative estimate of drug-likeness (QED) is 0.811. The van der Waals surface area contributed by atoms with E-state index >= 15 is 0 Å². The summed E-state index contributed by atoms with van der Waals surface area (Å²) in [7, 11) is 0. The van der Waals surface area contributed by atoms with E-state index in [1.807, 2.05) is 18.3 Å². The Morgan fingerprint density at radius 1 is 1.40 bits per heavy atom. The molecule has 4 heterocycles. The Hall–Kier alpha value is -3.29. The third-order valence-electron chi connectivity index (χ3n) is 4.98. The predicted molar refractivity (Wildman–Crippen MR) is 90.8 cm³/mol. The zero-order valence-electron chi connectivity index (χ0n) is 13.2. The molecule has 1 aromatic heterocycles. The summed E-state index contributed by atoms with van der Waals surface area (Å²) >= 11 is 0.